The molecule has 0 radical (unpaired) electrons. The Morgan fingerprint density at radius 2 is 1.43 bits per heavy atom. The first-order chi connectivity index (χ1) is 10.3. The molecule has 2 rings (SSSR count). The second-order valence-corrected chi connectivity index (χ2v) is 6.20. The summed E-state index contributed by atoms with van der Waals surface area (Å²) in [6.45, 7) is 10.2. The van der Waals surface area contributed by atoms with Gasteiger partial charge in [-0.3, -0.25) is 0 Å². The molecule has 2 aliphatic rings. The Labute approximate surface area is 128 Å². The summed E-state index contributed by atoms with van der Waals surface area (Å²) in [5.74, 6) is 0. The van der Waals surface area contributed by atoms with Gasteiger partial charge >= 0.3 is 0 Å². The zero-order chi connectivity index (χ0) is 15.0. The second-order valence-electron chi connectivity index (χ2n) is 6.20. The van der Waals surface area contributed by atoms with Crippen molar-refractivity contribution >= 4 is 0 Å². The average molecular weight is 302 g/mol. The van der Waals surface area contributed by atoms with E-state index in [1.54, 1.807) is 0 Å². The van der Waals surface area contributed by atoms with Crippen LogP contribution in [0.15, 0.2) is 0 Å². The van der Waals surface area contributed by atoms with Crippen LogP contribution in [0.2, 0.25) is 0 Å². The topological polar surface area (TPSA) is 52.8 Å². The molecule has 2 unspecified atom stereocenters. The minimum absolute atomic E-state index is 0.0580. The molecule has 5 nitrogen and oxygen atoms in total. The summed E-state index contributed by atoms with van der Waals surface area (Å²) in [6.07, 6.45) is 3.86. The van der Waals surface area contributed by atoms with Crippen LogP contribution >= 0.6 is 0 Å². The van der Waals surface area contributed by atoms with Gasteiger partial charge in [-0.2, -0.15) is 0 Å². The monoisotopic (exact) mass is 302 g/mol. The predicted octanol–water partition coefficient (Wildman–Crippen LogP) is 2.03. The molecule has 2 heterocycles. The maximum Gasteiger partial charge on any atom is 0.104 e. The first-order valence-electron chi connectivity index (χ1n) is 8.24. The molecule has 0 amide bonds. The highest BCUT2D eigenvalue weighted by Crippen LogP contribution is 2.25. The molecule has 21 heavy (non-hydrogen) atoms. The van der Waals surface area contributed by atoms with Gasteiger partial charge in [0.25, 0.3) is 0 Å². The van der Waals surface area contributed by atoms with E-state index in [4.69, 9.17) is 23.7 Å². The maximum atomic E-state index is 5.85. The number of ether oxygens (including phenoxy) is 5. The van der Waals surface area contributed by atoms with Crippen molar-refractivity contribution in [3.05, 3.63) is 0 Å². The van der Waals surface area contributed by atoms with Gasteiger partial charge in [0.15, 0.2) is 0 Å². The molecule has 2 saturated heterocycles. The van der Waals surface area contributed by atoms with Gasteiger partial charge in [-0.15, -0.1) is 0 Å². The fourth-order valence-corrected chi connectivity index (χ4v) is 2.11. The summed E-state index contributed by atoms with van der Waals surface area (Å²) in [4.78, 5) is 0. The highest BCUT2D eigenvalue weighted by atomic mass is 16.6. The summed E-state index contributed by atoms with van der Waals surface area (Å²) in [5.41, 5.74) is -0.0580. The van der Waals surface area contributed by atoms with Crippen LogP contribution in [0.25, 0.3) is 0 Å². The summed E-state index contributed by atoms with van der Waals surface area (Å²) in [5, 5.41) is 0. The van der Waals surface area contributed by atoms with Crippen LogP contribution < -0.4 is 0 Å². The summed E-state index contributed by atoms with van der Waals surface area (Å²) >= 11 is 0. The van der Waals surface area contributed by atoms with Crippen LogP contribution in [-0.2, 0) is 23.7 Å². The molecule has 5 heteroatoms. The van der Waals surface area contributed by atoms with Gasteiger partial charge in [-0.05, 0) is 12.8 Å². The normalized spacial score (nSPS) is 26.6. The quantitative estimate of drug-likeness (QED) is 0.363. The maximum absolute atomic E-state index is 5.85. The molecule has 0 aliphatic carbocycles. The number of rotatable bonds is 14. The molecular weight excluding hydrogens is 272 g/mol. The van der Waals surface area contributed by atoms with Crippen LogP contribution in [0.1, 0.15) is 33.1 Å². The molecule has 0 aromatic heterocycles. The van der Waals surface area contributed by atoms with Crippen LogP contribution in [0, 0.1) is 5.41 Å². The van der Waals surface area contributed by atoms with Gasteiger partial charge in [0.05, 0.1) is 46.2 Å². The Balaban J connectivity index is 1.71. The van der Waals surface area contributed by atoms with Crippen LogP contribution in [0.5, 0.6) is 0 Å². The van der Waals surface area contributed by atoms with Crippen molar-refractivity contribution in [3.63, 3.8) is 0 Å². The third kappa shape index (κ3) is 7.06. The van der Waals surface area contributed by atoms with Gasteiger partial charge < -0.3 is 23.7 Å². The molecule has 2 fully saturated rings. The van der Waals surface area contributed by atoms with Crippen molar-refractivity contribution in [1.82, 2.24) is 0 Å². The average Bonchev–Trinajstić information content (AvgIpc) is 3.37. The second kappa shape index (κ2) is 9.06. The van der Waals surface area contributed by atoms with Gasteiger partial charge in [-0.1, -0.05) is 20.3 Å². The van der Waals surface area contributed by atoms with Crippen molar-refractivity contribution < 1.29 is 23.7 Å². The van der Waals surface area contributed by atoms with E-state index in [-0.39, 0.29) is 5.41 Å². The predicted molar refractivity (Wildman–Crippen MR) is 79.6 cm³/mol. The number of hydrogen-bond acceptors (Lipinski definition) is 5. The molecule has 2 aliphatic heterocycles. The van der Waals surface area contributed by atoms with E-state index in [0.29, 0.717) is 45.2 Å². The van der Waals surface area contributed by atoms with Gasteiger partial charge in [-0.25, -0.2) is 0 Å². The lowest BCUT2D eigenvalue weighted by Crippen LogP contribution is -2.37. The van der Waals surface area contributed by atoms with Crippen LogP contribution in [-0.4, -0.2) is 65.1 Å². The molecule has 0 saturated carbocycles. The minimum atomic E-state index is -0.0580. The molecule has 0 bridgehead atoms. The first kappa shape index (κ1) is 17.2. The Morgan fingerprint density at radius 1 is 0.905 bits per heavy atom. The largest absolute Gasteiger partial charge is 0.381 e. The molecule has 0 N–H and O–H groups in total. The highest BCUT2D eigenvalue weighted by molar-refractivity contribution is 4.79. The van der Waals surface area contributed by atoms with Gasteiger partial charge in [0, 0.05) is 12.0 Å². The standard InChI is InChI=1S/C16H30O5/c1-3-5-6-17-11-16(4-2,12-18-7-14-9-20-14)13-19-8-15-10-21-15/h14-15H,3-13H2,1-2H3. The van der Waals surface area contributed by atoms with E-state index in [1.165, 1.54) is 0 Å². The van der Waals surface area contributed by atoms with Gasteiger partial charge in [0.2, 0.25) is 0 Å². The number of unbranched alkanes of at least 4 members (excludes halogenated alkanes) is 1. The minimum Gasteiger partial charge on any atom is -0.381 e. The molecule has 0 spiro atoms. The fraction of sp³-hybridized carbons (Fsp3) is 1.00. The SMILES string of the molecule is CCCCOCC(CC)(COCC1CO1)COCC1CO1. The van der Waals surface area contributed by atoms with Crippen molar-refractivity contribution in [2.45, 2.75) is 45.3 Å². The molecule has 0 aromatic rings. The molecule has 124 valence electrons. The lowest BCUT2D eigenvalue weighted by atomic mass is 9.88. The van der Waals surface area contributed by atoms with E-state index < -0.39 is 0 Å². The Morgan fingerprint density at radius 3 is 1.86 bits per heavy atom. The fourth-order valence-electron chi connectivity index (χ4n) is 2.11. The third-order valence-electron chi connectivity index (χ3n) is 4.03. The zero-order valence-electron chi connectivity index (χ0n) is 13.5. The molecule has 0 aromatic carbocycles. The molecular formula is C16H30O5. The van der Waals surface area contributed by atoms with Crippen molar-refractivity contribution in [3.8, 4) is 0 Å². The Kier molecular flexibility index (Phi) is 7.40. The van der Waals surface area contributed by atoms with Gasteiger partial charge in [0.1, 0.15) is 12.2 Å². The van der Waals surface area contributed by atoms with E-state index in [9.17, 15) is 0 Å². The first-order valence-corrected chi connectivity index (χ1v) is 8.24. The smallest absolute Gasteiger partial charge is 0.104 e. The Hall–Kier alpha value is -0.200. The van der Waals surface area contributed by atoms with Crippen molar-refractivity contribution in [1.29, 1.82) is 0 Å². The lowest BCUT2D eigenvalue weighted by molar-refractivity contribution is -0.0749. The van der Waals surface area contributed by atoms with Crippen molar-refractivity contribution in [2.75, 3.05) is 52.9 Å². The van der Waals surface area contributed by atoms with E-state index in [0.717, 1.165) is 39.1 Å². The van der Waals surface area contributed by atoms with Crippen LogP contribution in [0.4, 0.5) is 0 Å². The number of hydrogen-bond donors (Lipinski definition) is 0. The lowest BCUT2D eigenvalue weighted by Gasteiger charge is -2.32. The molecule has 2 atom stereocenters. The summed E-state index contributed by atoms with van der Waals surface area (Å²) < 4.78 is 27.9. The van der Waals surface area contributed by atoms with Crippen molar-refractivity contribution in [2.24, 2.45) is 5.41 Å². The zero-order valence-corrected chi connectivity index (χ0v) is 13.5. The summed E-state index contributed by atoms with van der Waals surface area (Å²) in [7, 11) is 0. The highest BCUT2D eigenvalue weighted by Gasteiger charge is 2.32. The third-order valence-corrected chi connectivity index (χ3v) is 4.03. The number of epoxide rings is 2. The van der Waals surface area contributed by atoms with E-state index >= 15 is 0 Å². The van der Waals surface area contributed by atoms with Crippen LogP contribution in [0.3, 0.4) is 0 Å². The van der Waals surface area contributed by atoms with E-state index in [1.807, 2.05) is 0 Å². The summed E-state index contributed by atoms with van der Waals surface area (Å²) in [6, 6.07) is 0. The van der Waals surface area contributed by atoms with E-state index in [2.05, 4.69) is 13.8 Å². The Bertz CT molecular complexity index is 258.